The van der Waals surface area contributed by atoms with Gasteiger partial charge in [0.25, 0.3) is 5.56 Å². The third kappa shape index (κ3) is 4.60. The summed E-state index contributed by atoms with van der Waals surface area (Å²) in [6.45, 7) is -0.965. The number of hydrogen-bond donors (Lipinski definition) is 6. The van der Waals surface area contributed by atoms with E-state index in [4.69, 9.17) is 20.3 Å². The van der Waals surface area contributed by atoms with Crippen molar-refractivity contribution in [1.82, 2.24) is 9.97 Å². The van der Waals surface area contributed by atoms with Crippen LogP contribution in [0.1, 0.15) is 0 Å². The van der Waals surface area contributed by atoms with Crippen LogP contribution < -0.4 is 21.1 Å². The molecule has 29 heavy (non-hydrogen) atoms. The van der Waals surface area contributed by atoms with Crippen LogP contribution in [-0.4, -0.2) is 74.7 Å². The van der Waals surface area contributed by atoms with E-state index in [1.54, 1.807) is 0 Å². The standard InChI is InChI=1S/C11H18FN5O10P2/c1-16-3-17(8-6(16)9(19)15-11(13)14-8)10-5(12)7(18)4(26-10)2-25-29(23,24)27-28(20,21)22/h4-5,7,10,18H,2-3H2,1H3,(H,23,24)(H2,20,21,22)(H3,13,14,15,19)/t4-,5?,7+,10-/m1/s1. The van der Waals surface area contributed by atoms with Gasteiger partial charge in [0.1, 0.15) is 17.9 Å². The molecular formula is C11H18FN5O10P2. The lowest BCUT2D eigenvalue weighted by Gasteiger charge is -2.26. The van der Waals surface area contributed by atoms with E-state index in [1.807, 2.05) is 0 Å². The number of aromatic amines is 1. The highest BCUT2D eigenvalue weighted by Crippen LogP contribution is 2.57. The number of halogens is 1. The van der Waals surface area contributed by atoms with Crippen molar-refractivity contribution < 1.29 is 46.9 Å². The van der Waals surface area contributed by atoms with E-state index >= 15 is 0 Å². The van der Waals surface area contributed by atoms with E-state index in [-0.39, 0.29) is 24.1 Å². The summed E-state index contributed by atoms with van der Waals surface area (Å²) >= 11 is 0. The number of nitrogens with two attached hydrogens (primary N) is 1. The predicted octanol–water partition coefficient (Wildman–Crippen LogP) is -1.78. The number of phosphoric acid groups is 2. The normalized spacial score (nSPS) is 29.2. The molecule has 15 nitrogen and oxygen atoms in total. The minimum absolute atomic E-state index is 0.00725. The van der Waals surface area contributed by atoms with E-state index in [0.29, 0.717) is 0 Å². The first-order chi connectivity index (χ1) is 13.3. The Bertz CT molecular complexity index is 941. The molecule has 0 spiro atoms. The summed E-state index contributed by atoms with van der Waals surface area (Å²) in [6.07, 6.45) is -6.84. The second-order valence-corrected chi connectivity index (χ2v) is 9.10. The topological polar surface area (TPSA) is 221 Å². The Morgan fingerprint density at radius 2 is 2.07 bits per heavy atom. The number of nitrogen functional groups attached to an aromatic ring is 1. The van der Waals surface area contributed by atoms with Gasteiger partial charge in [-0.05, 0) is 0 Å². The van der Waals surface area contributed by atoms with Crippen LogP contribution in [-0.2, 0) is 22.7 Å². The molecule has 1 aromatic heterocycles. The maximum atomic E-state index is 14.7. The number of nitrogens with zero attached hydrogens (tertiary/aromatic N) is 3. The zero-order valence-corrected chi connectivity index (χ0v) is 16.4. The van der Waals surface area contributed by atoms with E-state index in [1.165, 1.54) is 16.8 Å². The van der Waals surface area contributed by atoms with Crippen LogP contribution in [0.4, 0.5) is 21.8 Å². The van der Waals surface area contributed by atoms with Gasteiger partial charge in [0.2, 0.25) is 5.95 Å². The summed E-state index contributed by atoms with van der Waals surface area (Å²) in [5.74, 6) is -0.216. The summed E-state index contributed by atoms with van der Waals surface area (Å²) in [6, 6.07) is 0. The molecule has 1 aromatic rings. The first-order valence-corrected chi connectivity index (χ1v) is 10.9. The Kier molecular flexibility index (Phi) is 5.77. The molecule has 1 saturated heterocycles. The Balaban J connectivity index is 1.75. The van der Waals surface area contributed by atoms with Crippen molar-refractivity contribution in [3.05, 3.63) is 10.4 Å². The smallest absolute Gasteiger partial charge is 0.387 e. The molecule has 0 bridgehead atoms. The van der Waals surface area contributed by atoms with Crippen LogP contribution in [0.3, 0.4) is 0 Å². The van der Waals surface area contributed by atoms with Crippen LogP contribution in [0.15, 0.2) is 4.79 Å². The number of aromatic nitrogens is 2. The molecule has 2 aliphatic rings. The second-order valence-electron chi connectivity index (χ2n) is 6.27. The van der Waals surface area contributed by atoms with Gasteiger partial charge in [0.05, 0.1) is 13.3 Å². The zero-order chi connectivity index (χ0) is 21.7. The Morgan fingerprint density at radius 1 is 1.41 bits per heavy atom. The number of alkyl halides is 1. The van der Waals surface area contributed by atoms with E-state index in [2.05, 4.69) is 18.8 Å². The van der Waals surface area contributed by atoms with Crippen molar-refractivity contribution in [3.63, 3.8) is 0 Å². The number of anilines is 3. The van der Waals surface area contributed by atoms with Gasteiger partial charge < -0.3 is 40.1 Å². The maximum Gasteiger partial charge on any atom is 0.481 e. The highest BCUT2D eigenvalue weighted by atomic mass is 31.3. The van der Waals surface area contributed by atoms with Gasteiger partial charge in [-0.2, -0.15) is 9.29 Å². The lowest BCUT2D eigenvalue weighted by molar-refractivity contribution is -0.0216. The minimum Gasteiger partial charge on any atom is -0.387 e. The molecule has 164 valence electrons. The van der Waals surface area contributed by atoms with Crippen molar-refractivity contribution in [2.45, 2.75) is 24.6 Å². The van der Waals surface area contributed by atoms with Gasteiger partial charge in [-0.3, -0.25) is 14.3 Å². The van der Waals surface area contributed by atoms with Crippen LogP contribution >= 0.6 is 15.6 Å². The predicted molar refractivity (Wildman–Crippen MR) is 93.5 cm³/mol. The van der Waals surface area contributed by atoms with Crippen molar-refractivity contribution in [1.29, 1.82) is 0 Å². The second kappa shape index (κ2) is 7.58. The largest absolute Gasteiger partial charge is 0.481 e. The fourth-order valence-electron chi connectivity index (χ4n) is 3.00. The van der Waals surface area contributed by atoms with E-state index < -0.39 is 52.4 Å². The molecule has 2 unspecified atom stereocenters. The highest BCUT2D eigenvalue weighted by molar-refractivity contribution is 7.60. The molecular weight excluding hydrogens is 443 g/mol. The molecule has 0 amide bonds. The van der Waals surface area contributed by atoms with Crippen LogP contribution in [0.5, 0.6) is 0 Å². The number of phosphoric ester groups is 1. The third-order valence-electron chi connectivity index (χ3n) is 4.13. The molecule has 3 heterocycles. The molecule has 0 radical (unpaired) electrons. The lowest BCUT2D eigenvalue weighted by atomic mass is 10.1. The summed E-state index contributed by atoms with van der Waals surface area (Å²) < 4.78 is 50.2. The van der Waals surface area contributed by atoms with Crippen LogP contribution in [0.2, 0.25) is 0 Å². The summed E-state index contributed by atoms with van der Waals surface area (Å²) in [4.78, 5) is 47.4. The number of H-pyrrole nitrogens is 1. The van der Waals surface area contributed by atoms with Gasteiger partial charge in [-0.1, -0.05) is 0 Å². The van der Waals surface area contributed by atoms with Crippen molar-refractivity contribution in [2.24, 2.45) is 0 Å². The molecule has 3 rings (SSSR count). The van der Waals surface area contributed by atoms with E-state index in [0.717, 1.165) is 0 Å². The van der Waals surface area contributed by atoms with Gasteiger partial charge >= 0.3 is 15.6 Å². The zero-order valence-electron chi connectivity index (χ0n) is 14.7. The molecule has 0 saturated carbocycles. The Morgan fingerprint density at radius 3 is 2.69 bits per heavy atom. The number of aliphatic hydroxyl groups is 1. The number of ether oxygens (including phenoxy) is 1. The van der Waals surface area contributed by atoms with Crippen molar-refractivity contribution in [3.8, 4) is 0 Å². The van der Waals surface area contributed by atoms with Crippen LogP contribution in [0.25, 0.3) is 0 Å². The Hall–Kier alpha value is -1.61. The van der Waals surface area contributed by atoms with Crippen molar-refractivity contribution in [2.75, 3.05) is 35.9 Å². The molecule has 1 fully saturated rings. The molecule has 5 atom stereocenters. The van der Waals surface area contributed by atoms with Crippen molar-refractivity contribution >= 4 is 33.1 Å². The summed E-state index contributed by atoms with van der Waals surface area (Å²) in [7, 11) is -9.01. The summed E-state index contributed by atoms with van der Waals surface area (Å²) in [5.41, 5.74) is 5.05. The Labute approximate surface area is 161 Å². The highest BCUT2D eigenvalue weighted by Gasteiger charge is 2.50. The summed E-state index contributed by atoms with van der Waals surface area (Å²) in [5, 5.41) is 10.0. The fraction of sp³-hybridized carbons (Fsp3) is 0.636. The molecule has 2 aliphatic heterocycles. The molecule has 7 N–H and O–H groups in total. The van der Waals surface area contributed by atoms with Gasteiger partial charge in [-0.25, -0.2) is 13.5 Å². The number of aliphatic hydroxyl groups excluding tert-OH is 1. The average molecular weight is 461 g/mol. The quantitative estimate of drug-likeness (QED) is 0.258. The molecule has 18 heteroatoms. The molecule has 0 aromatic carbocycles. The van der Waals surface area contributed by atoms with Crippen LogP contribution in [0, 0.1) is 0 Å². The average Bonchev–Trinajstić information content (AvgIpc) is 3.01. The number of rotatable bonds is 6. The third-order valence-corrected chi connectivity index (χ3v) is 6.28. The first kappa shape index (κ1) is 22.1. The minimum atomic E-state index is -5.34. The number of fused-ring (bicyclic) bond motifs is 1. The fourth-order valence-corrected chi connectivity index (χ4v) is 4.60. The molecule has 0 aliphatic carbocycles. The maximum absolute atomic E-state index is 14.7. The van der Waals surface area contributed by atoms with Gasteiger partial charge in [-0.15, -0.1) is 0 Å². The monoisotopic (exact) mass is 461 g/mol. The van der Waals surface area contributed by atoms with Gasteiger partial charge in [0.15, 0.2) is 18.2 Å². The lowest BCUT2D eigenvalue weighted by Crippen LogP contribution is -2.43. The number of nitrogens with one attached hydrogen (secondary N) is 1. The first-order valence-electron chi connectivity index (χ1n) is 7.88. The SMILES string of the molecule is CN1CN([C@@H]2O[C@H](COP(=O)(O)OP(=O)(O)O)[C@H](O)C2F)c2nc(N)[nH]c(=O)c21. The number of hydrogen-bond acceptors (Lipinski definition) is 11. The van der Waals surface area contributed by atoms with Gasteiger partial charge in [0, 0.05) is 7.05 Å². The van der Waals surface area contributed by atoms with E-state index in [9.17, 15) is 28.3 Å².